The highest BCUT2D eigenvalue weighted by Gasteiger charge is 2.34. The van der Waals surface area contributed by atoms with Crippen molar-refractivity contribution in [3.63, 3.8) is 0 Å². The Hall–Kier alpha value is -1.43. The highest BCUT2D eigenvalue weighted by molar-refractivity contribution is 6.47. The van der Waals surface area contributed by atoms with Gasteiger partial charge in [-0.3, -0.25) is 10.1 Å². The standard InChI is InChI=1S/C13H18BFNO3/c1-12(2,3)13(4,5)19-14-9-7-6-8-10(11(9)15)16(17)18/h6-8H,1-5H3. The van der Waals surface area contributed by atoms with Gasteiger partial charge in [0.05, 0.1) is 10.5 Å². The summed E-state index contributed by atoms with van der Waals surface area (Å²) in [5, 5.41) is 10.6. The summed E-state index contributed by atoms with van der Waals surface area (Å²) in [5.74, 6) is -0.878. The molecule has 0 heterocycles. The van der Waals surface area contributed by atoms with Crippen LogP contribution in [0.3, 0.4) is 0 Å². The molecule has 6 heteroatoms. The van der Waals surface area contributed by atoms with Gasteiger partial charge in [0, 0.05) is 6.07 Å². The van der Waals surface area contributed by atoms with E-state index in [2.05, 4.69) is 0 Å². The van der Waals surface area contributed by atoms with Crippen molar-refractivity contribution in [2.45, 2.75) is 40.2 Å². The van der Waals surface area contributed by atoms with Crippen molar-refractivity contribution in [3.05, 3.63) is 34.1 Å². The van der Waals surface area contributed by atoms with Gasteiger partial charge in [-0.25, -0.2) is 0 Å². The Bertz CT molecular complexity index is 483. The van der Waals surface area contributed by atoms with Crippen LogP contribution in [-0.4, -0.2) is 18.0 Å². The molecular weight excluding hydrogens is 248 g/mol. The Labute approximate surface area is 113 Å². The van der Waals surface area contributed by atoms with Gasteiger partial charge in [-0.2, -0.15) is 4.39 Å². The summed E-state index contributed by atoms with van der Waals surface area (Å²) in [6.07, 6.45) is 0. The molecule has 0 unspecified atom stereocenters. The fourth-order valence-corrected chi connectivity index (χ4v) is 1.16. The summed E-state index contributed by atoms with van der Waals surface area (Å²) in [6.45, 7) is 9.79. The topological polar surface area (TPSA) is 52.4 Å². The lowest BCUT2D eigenvalue weighted by Crippen LogP contribution is -2.43. The molecule has 1 aromatic rings. The number of benzene rings is 1. The van der Waals surface area contributed by atoms with Gasteiger partial charge in [0.1, 0.15) is 0 Å². The molecule has 0 bridgehead atoms. The van der Waals surface area contributed by atoms with Gasteiger partial charge in [-0.15, -0.1) is 0 Å². The second-order valence-corrected chi connectivity index (χ2v) is 5.93. The van der Waals surface area contributed by atoms with Crippen molar-refractivity contribution in [2.75, 3.05) is 0 Å². The molecule has 0 fully saturated rings. The summed E-state index contributed by atoms with van der Waals surface area (Å²) >= 11 is 0. The van der Waals surface area contributed by atoms with Crippen LogP contribution in [0.15, 0.2) is 18.2 Å². The molecule has 0 aliphatic carbocycles. The normalized spacial score (nSPS) is 12.3. The van der Waals surface area contributed by atoms with E-state index in [0.717, 1.165) is 6.07 Å². The highest BCUT2D eigenvalue weighted by Crippen LogP contribution is 2.32. The molecule has 0 aliphatic rings. The quantitative estimate of drug-likeness (QED) is 0.478. The predicted octanol–water partition coefficient (Wildman–Crippen LogP) is 2.82. The summed E-state index contributed by atoms with van der Waals surface area (Å²) in [4.78, 5) is 9.90. The molecule has 1 aromatic carbocycles. The Morgan fingerprint density at radius 3 is 2.32 bits per heavy atom. The SMILES string of the molecule is CC(C)(C)C(C)(C)O[B]c1cccc([N+](=O)[O-])c1F. The smallest absolute Gasteiger partial charge is 0.334 e. The third-order valence-electron chi connectivity index (χ3n) is 3.49. The molecule has 0 aromatic heterocycles. The molecule has 0 atom stereocenters. The van der Waals surface area contributed by atoms with Gasteiger partial charge >= 0.3 is 13.2 Å². The lowest BCUT2D eigenvalue weighted by Gasteiger charge is -2.39. The first-order valence-corrected chi connectivity index (χ1v) is 6.00. The van der Waals surface area contributed by atoms with Crippen molar-refractivity contribution < 1.29 is 14.0 Å². The number of nitrogens with zero attached hydrogens (tertiary/aromatic N) is 1. The fourth-order valence-electron chi connectivity index (χ4n) is 1.16. The number of nitro benzene ring substituents is 1. The molecule has 0 aliphatic heterocycles. The minimum atomic E-state index is -0.878. The van der Waals surface area contributed by atoms with Crippen molar-refractivity contribution in [1.29, 1.82) is 0 Å². The first-order chi connectivity index (χ1) is 8.56. The monoisotopic (exact) mass is 266 g/mol. The maximum atomic E-state index is 13.8. The molecule has 4 nitrogen and oxygen atoms in total. The lowest BCUT2D eigenvalue weighted by molar-refractivity contribution is -0.387. The average Bonchev–Trinajstić information content (AvgIpc) is 2.25. The number of rotatable bonds is 4. The summed E-state index contributed by atoms with van der Waals surface area (Å²) in [6, 6.07) is 4.00. The van der Waals surface area contributed by atoms with E-state index in [1.807, 2.05) is 34.6 Å². The first kappa shape index (κ1) is 15.6. The number of halogens is 1. The van der Waals surface area contributed by atoms with E-state index in [0.29, 0.717) is 0 Å². The molecule has 19 heavy (non-hydrogen) atoms. The van der Waals surface area contributed by atoms with Gasteiger partial charge in [0.25, 0.3) is 0 Å². The third kappa shape index (κ3) is 3.53. The zero-order valence-electron chi connectivity index (χ0n) is 11.9. The molecular formula is C13H18BFNO3. The van der Waals surface area contributed by atoms with E-state index in [9.17, 15) is 14.5 Å². The molecule has 0 saturated carbocycles. The largest absolute Gasteiger partial charge is 0.429 e. The van der Waals surface area contributed by atoms with Crippen LogP contribution < -0.4 is 5.46 Å². The van der Waals surface area contributed by atoms with Crippen molar-refractivity contribution in [2.24, 2.45) is 5.41 Å². The van der Waals surface area contributed by atoms with Crippen LogP contribution >= 0.6 is 0 Å². The van der Waals surface area contributed by atoms with E-state index in [1.165, 1.54) is 19.6 Å². The van der Waals surface area contributed by atoms with Crippen LogP contribution in [0, 0.1) is 21.3 Å². The maximum Gasteiger partial charge on any atom is 0.334 e. The first-order valence-electron chi connectivity index (χ1n) is 6.00. The zero-order chi connectivity index (χ0) is 14.8. The Kier molecular flexibility index (Phi) is 4.35. The summed E-state index contributed by atoms with van der Waals surface area (Å²) in [7, 11) is 1.24. The Balaban J connectivity index is 2.91. The molecule has 103 valence electrons. The molecule has 0 spiro atoms. The van der Waals surface area contributed by atoms with Gasteiger partial charge in [-0.1, -0.05) is 32.9 Å². The molecule has 0 N–H and O–H groups in total. The minimum Gasteiger partial charge on any atom is -0.429 e. The van der Waals surface area contributed by atoms with Crippen molar-refractivity contribution in [1.82, 2.24) is 0 Å². The van der Waals surface area contributed by atoms with Crippen LogP contribution in [0.1, 0.15) is 34.6 Å². The van der Waals surface area contributed by atoms with Gasteiger partial charge in [0.15, 0.2) is 5.82 Å². The Morgan fingerprint density at radius 1 is 1.26 bits per heavy atom. The van der Waals surface area contributed by atoms with Crippen LogP contribution in [-0.2, 0) is 4.65 Å². The molecule has 0 saturated heterocycles. The Morgan fingerprint density at radius 2 is 1.84 bits per heavy atom. The van der Waals surface area contributed by atoms with Crippen LogP contribution in [0.2, 0.25) is 0 Å². The second kappa shape index (κ2) is 5.29. The lowest BCUT2D eigenvalue weighted by atomic mass is 9.76. The van der Waals surface area contributed by atoms with Crippen LogP contribution in [0.5, 0.6) is 0 Å². The summed E-state index contributed by atoms with van der Waals surface area (Å²) in [5.41, 5.74) is -1.15. The van der Waals surface area contributed by atoms with Crippen molar-refractivity contribution in [3.8, 4) is 0 Å². The zero-order valence-corrected chi connectivity index (χ0v) is 11.9. The average molecular weight is 266 g/mol. The van der Waals surface area contributed by atoms with Gasteiger partial charge < -0.3 is 4.65 Å². The molecule has 0 amide bonds. The number of hydrogen-bond donors (Lipinski definition) is 0. The van der Waals surface area contributed by atoms with Gasteiger partial charge in [-0.05, 0) is 24.7 Å². The van der Waals surface area contributed by atoms with Crippen LogP contribution in [0.4, 0.5) is 10.1 Å². The minimum absolute atomic E-state index is 0.0755. The fraction of sp³-hybridized carbons (Fsp3) is 0.538. The molecule has 1 radical (unpaired) electrons. The third-order valence-corrected chi connectivity index (χ3v) is 3.49. The van der Waals surface area contributed by atoms with E-state index in [-0.39, 0.29) is 10.9 Å². The maximum absolute atomic E-state index is 13.8. The van der Waals surface area contributed by atoms with Gasteiger partial charge in [0.2, 0.25) is 0 Å². The highest BCUT2D eigenvalue weighted by atomic mass is 19.1. The second-order valence-electron chi connectivity index (χ2n) is 5.93. The van der Waals surface area contributed by atoms with E-state index in [1.54, 1.807) is 0 Å². The summed E-state index contributed by atoms with van der Waals surface area (Å²) < 4.78 is 19.5. The number of hydrogen-bond acceptors (Lipinski definition) is 3. The van der Waals surface area contributed by atoms with Crippen molar-refractivity contribution >= 4 is 18.6 Å². The molecule has 1 rings (SSSR count). The van der Waals surface area contributed by atoms with E-state index in [4.69, 9.17) is 4.65 Å². The van der Waals surface area contributed by atoms with Crippen LogP contribution in [0.25, 0.3) is 0 Å². The van der Waals surface area contributed by atoms with E-state index >= 15 is 0 Å². The number of nitro groups is 1. The predicted molar refractivity (Wildman–Crippen MR) is 73.1 cm³/mol. The van der Waals surface area contributed by atoms with E-state index < -0.39 is 22.0 Å².